The molecular formula is C17H21NO5. The molecule has 6 nitrogen and oxygen atoms in total. The van der Waals surface area contributed by atoms with Crippen molar-refractivity contribution in [2.75, 3.05) is 26.8 Å². The highest BCUT2D eigenvalue weighted by Crippen LogP contribution is 2.18. The quantitative estimate of drug-likeness (QED) is 0.604. The molecule has 0 spiro atoms. The van der Waals surface area contributed by atoms with E-state index >= 15 is 0 Å². The summed E-state index contributed by atoms with van der Waals surface area (Å²) in [5.74, 6) is -1.57. The second-order valence-electron chi connectivity index (χ2n) is 5.44. The Balaban J connectivity index is 1.98. The van der Waals surface area contributed by atoms with Gasteiger partial charge in [0, 0.05) is 26.1 Å². The molecule has 0 amide bonds. The average Bonchev–Trinajstić information content (AvgIpc) is 2.56. The number of benzene rings is 1. The van der Waals surface area contributed by atoms with Crippen LogP contribution in [0, 0.1) is 5.92 Å². The fourth-order valence-corrected chi connectivity index (χ4v) is 2.61. The maximum atomic E-state index is 11.9. The second-order valence-corrected chi connectivity index (χ2v) is 5.44. The van der Waals surface area contributed by atoms with E-state index in [2.05, 4.69) is 9.64 Å². The van der Waals surface area contributed by atoms with Crippen molar-refractivity contribution in [3.05, 3.63) is 35.4 Å². The van der Waals surface area contributed by atoms with Crippen molar-refractivity contribution in [2.45, 2.75) is 19.9 Å². The van der Waals surface area contributed by atoms with Crippen molar-refractivity contribution in [3.63, 3.8) is 0 Å². The smallest absolute Gasteiger partial charge is 0.337 e. The molecule has 0 aliphatic carbocycles. The van der Waals surface area contributed by atoms with Gasteiger partial charge in [-0.25, -0.2) is 4.79 Å². The highest BCUT2D eigenvalue weighted by molar-refractivity contribution is 5.99. The fraction of sp³-hybridized carbons (Fsp3) is 0.471. The largest absolute Gasteiger partial charge is 0.465 e. The van der Waals surface area contributed by atoms with Gasteiger partial charge in [0.2, 0.25) is 0 Å². The minimum Gasteiger partial charge on any atom is -0.465 e. The molecule has 0 bridgehead atoms. The van der Waals surface area contributed by atoms with Crippen molar-refractivity contribution in [1.29, 1.82) is 0 Å². The Morgan fingerprint density at radius 3 is 2.57 bits per heavy atom. The van der Waals surface area contributed by atoms with Gasteiger partial charge in [0.1, 0.15) is 11.7 Å². The number of likely N-dealkylation sites (tertiary alicyclic amines) is 1. The number of carbonyl (C=O) groups is 3. The first-order valence-electron chi connectivity index (χ1n) is 7.64. The lowest BCUT2D eigenvalue weighted by molar-refractivity contribution is -0.154. The highest BCUT2D eigenvalue weighted by Gasteiger charge is 2.33. The van der Waals surface area contributed by atoms with E-state index in [-0.39, 0.29) is 18.4 Å². The van der Waals surface area contributed by atoms with Gasteiger partial charge >= 0.3 is 11.9 Å². The summed E-state index contributed by atoms with van der Waals surface area (Å²) in [5.41, 5.74) is 1.50. The lowest BCUT2D eigenvalue weighted by Gasteiger charge is -2.30. The van der Waals surface area contributed by atoms with E-state index in [9.17, 15) is 14.4 Å². The van der Waals surface area contributed by atoms with Crippen LogP contribution in [-0.4, -0.2) is 49.4 Å². The summed E-state index contributed by atoms with van der Waals surface area (Å²) in [6.07, 6.45) is 0.351. The van der Waals surface area contributed by atoms with E-state index in [1.165, 1.54) is 7.11 Å². The summed E-state index contributed by atoms with van der Waals surface area (Å²) in [7, 11) is 1.34. The van der Waals surface area contributed by atoms with Gasteiger partial charge in [0.15, 0.2) is 0 Å². The molecule has 1 fully saturated rings. The van der Waals surface area contributed by atoms with Crippen LogP contribution in [0.5, 0.6) is 0 Å². The second kappa shape index (κ2) is 7.87. The molecule has 0 saturated carbocycles. The maximum Gasteiger partial charge on any atom is 0.337 e. The van der Waals surface area contributed by atoms with Crippen molar-refractivity contribution in [3.8, 4) is 0 Å². The predicted molar refractivity (Wildman–Crippen MR) is 82.8 cm³/mol. The maximum absolute atomic E-state index is 11.9. The molecule has 0 N–H and O–H groups in total. The van der Waals surface area contributed by atoms with Crippen LogP contribution in [0.1, 0.15) is 29.3 Å². The number of hydrogen-bond donors (Lipinski definition) is 0. The number of nitrogens with zero attached hydrogens (tertiary/aromatic N) is 1. The van der Waals surface area contributed by atoms with Gasteiger partial charge in [-0.1, -0.05) is 12.1 Å². The van der Waals surface area contributed by atoms with Crippen LogP contribution in [0.2, 0.25) is 0 Å². The summed E-state index contributed by atoms with van der Waals surface area (Å²) in [6, 6.07) is 7.11. The molecule has 1 heterocycles. The minimum atomic E-state index is -0.696. The number of hydrogen-bond acceptors (Lipinski definition) is 6. The first-order valence-corrected chi connectivity index (χ1v) is 7.64. The number of ketones is 1. The van der Waals surface area contributed by atoms with Crippen molar-refractivity contribution in [1.82, 2.24) is 4.90 Å². The van der Waals surface area contributed by atoms with E-state index in [0.29, 0.717) is 31.6 Å². The van der Waals surface area contributed by atoms with Gasteiger partial charge in [0.05, 0.1) is 19.3 Å². The monoisotopic (exact) mass is 319 g/mol. The Labute approximate surface area is 135 Å². The first-order chi connectivity index (χ1) is 11.0. The van der Waals surface area contributed by atoms with Crippen LogP contribution in [0.4, 0.5) is 0 Å². The van der Waals surface area contributed by atoms with Crippen LogP contribution in [0.3, 0.4) is 0 Å². The molecule has 1 unspecified atom stereocenters. The van der Waals surface area contributed by atoms with Crippen molar-refractivity contribution in [2.24, 2.45) is 5.92 Å². The van der Waals surface area contributed by atoms with Gasteiger partial charge in [-0.15, -0.1) is 0 Å². The van der Waals surface area contributed by atoms with Gasteiger partial charge in [-0.2, -0.15) is 0 Å². The third kappa shape index (κ3) is 4.39. The van der Waals surface area contributed by atoms with Crippen molar-refractivity contribution < 1.29 is 23.9 Å². The lowest BCUT2D eigenvalue weighted by atomic mass is 9.96. The molecule has 6 heteroatoms. The number of esters is 2. The summed E-state index contributed by atoms with van der Waals surface area (Å²) in [6.45, 7) is 3.61. The number of rotatable bonds is 5. The molecule has 1 aliphatic rings. The molecule has 0 aromatic heterocycles. The van der Waals surface area contributed by atoms with Crippen LogP contribution < -0.4 is 0 Å². The van der Waals surface area contributed by atoms with E-state index in [1.807, 2.05) is 12.1 Å². The SMILES string of the molecule is CCOC(=O)C1CN(Cc2ccc(C(=O)OC)cc2)CCC1=O. The lowest BCUT2D eigenvalue weighted by Crippen LogP contribution is -2.44. The molecule has 1 aliphatic heterocycles. The fourth-order valence-electron chi connectivity index (χ4n) is 2.61. The number of ether oxygens (including phenoxy) is 2. The molecule has 1 aromatic rings. The van der Waals surface area contributed by atoms with E-state index in [0.717, 1.165) is 5.56 Å². The number of Topliss-reactive ketones (excluding diaryl/α,β-unsaturated/α-hetero) is 1. The number of carbonyl (C=O) groups excluding carboxylic acids is 3. The summed E-state index contributed by atoms with van der Waals surface area (Å²) in [4.78, 5) is 37.2. The Kier molecular flexibility index (Phi) is 5.87. The third-order valence-corrected chi connectivity index (χ3v) is 3.86. The molecule has 1 aromatic carbocycles. The van der Waals surface area contributed by atoms with Gasteiger partial charge in [-0.3, -0.25) is 14.5 Å². The van der Waals surface area contributed by atoms with Gasteiger partial charge in [0.25, 0.3) is 0 Å². The molecule has 23 heavy (non-hydrogen) atoms. The van der Waals surface area contributed by atoms with E-state index in [4.69, 9.17) is 4.74 Å². The van der Waals surface area contributed by atoms with Gasteiger partial charge in [-0.05, 0) is 24.6 Å². The predicted octanol–water partition coefficient (Wildman–Crippen LogP) is 1.43. The topological polar surface area (TPSA) is 72.9 Å². The average molecular weight is 319 g/mol. The number of piperidine rings is 1. The zero-order valence-electron chi connectivity index (χ0n) is 13.4. The standard InChI is InChI=1S/C17H21NO5/c1-3-23-17(21)14-11-18(9-8-15(14)19)10-12-4-6-13(7-5-12)16(20)22-2/h4-7,14H,3,8-11H2,1-2H3. The Morgan fingerprint density at radius 2 is 1.96 bits per heavy atom. The summed E-state index contributed by atoms with van der Waals surface area (Å²) < 4.78 is 9.63. The van der Waals surface area contributed by atoms with Gasteiger partial charge < -0.3 is 9.47 Å². The molecule has 2 rings (SSSR count). The van der Waals surface area contributed by atoms with Crippen LogP contribution >= 0.6 is 0 Å². The minimum absolute atomic E-state index is 0.0549. The Bertz CT molecular complexity index is 581. The van der Waals surface area contributed by atoms with Crippen molar-refractivity contribution >= 4 is 17.7 Å². The first kappa shape index (κ1) is 17.1. The zero-order chi connectivity index (χ0) is 16.8. The summed E-state index contributed by atoms with van der Waals surface area (Å²) in [5, 5.41) is 0. The Hall–Kier alpha value is -2.21. The van der Waals surface area contributed by atoms with Crippen LogP contribution in [-0.2, 0) is 25.6 Å². The Morgan fingerprint density at radius 1 is 1.26 bits per heavy atom. The molecule has 1 atom stereocenters. The van der Waals surface area contributed by atoms with Crippen LogP contribution in [0.15, 0.2) is 24.3 Å². The zero-order valence-corrected chi connectivity index (χ0v) is 13.4. The van der Waals surface area contributed by atoms with Crippen LogP contribution in [0.25, 0.3) is 0 Å². The molecular weight excluding hydrogens is 298 g/mol. The highest BCUT2D eigenvalue weighted by atomic mass is 16.5. The van der Waals surface area contributed by atoms with E-state index < -0.39 is 11.9 Å². The number of methoxy groups -OCH3 is 1. The normalized spacial score (nSPS) is 18.5. The molecule has 124 valence electrons. The summed E-state index contributed by atoms with van der Waals surface area (Å²) >= 11 is 0. The molecule has 0 radical (unpaired) electrons. The van der Waals surface area contributed by atoms with E-state index in [1.54, 1.807) is 19.1 Å². The molecule has 1 saturated heterocycles. The third-order valence-electron chi connectivity index (χ3n) is 3.86.